The van der Waals surface area contributed by atoms with Crippen molar-refractivity contribution in [3.05, 3.63) is 48.3 Å². The molecule has 1 aliphatic heterocycles. The molecule has 1 aliphatic rings. The first-order valence-electron chi connectivity index (χ1n) is 7.90. The standard InChI is InChI=1S/C17H22FN3O3/c1-20-8-15(19-13-20)9-21-5-6-23-11-17(22,10-21)12-24-16-4-2-3-14(18)7-16/h2-4,7-8,13,22H,5-6,9-12H2,1H3. The fourth-order valence-corrected chi connectivity index (χ4v) is 2.77. The van der Waals surface area contributed by atoms with Crippen molar-refractivity contribution in [1.82, 2.24) is 14.5 Å². The summed E-state index contributed by atoms with van der Waals surface area (Å²) in [5.74, 6) is 0.0253. The zero-order chi connectivity index (χ0) is 17.0. The third-order valence-electron chi connectivity index (χ3n) is 3.89. The van der Waals surface area contributed by atoms with Gasteiger partial charge in [-0.15, -0.1) is 0 Å². The molecule has 130 valence electrons. The van der Waals surface area contributed by atoms with E-state index in [0.29, 0.717) is 32.0 Å². The highest BCUT2D eigenvalue weighted by atomic mass is 19.1. The molecular weight excluding hydrogens is 313 g/mol. The lowest BCUT2D eigenvalue weighted by Gasteiger charge is -2.30. The Bertz CT molecular complexity index is 679. The van der Waals surface area contributed by atoms with Crippen molar-refractivity contribution in [2.75, 3.05) is 32.9 Å². The number of aromatic nitrogens is 2. The van der Waals surface area contributed by atoms with Crippen molar-refractivity contribution >= 4 is 0 Å². The topological polar surface area (TPSA) is 59.8 Å². The molecule has 0 bridgehead atoms. The van der Waals surface area contributed by atoms with Crippen molar-refractivity contribution in [1.29, 1.82) is 0 Å². The zero-order valence-electron chi connectivity index (χ0n) is 13.7. The van der Waals surface area contributed by atoms with Gasteiger partial charge in [0.05, 0.1) is 25.2 Å². The highest BCUT2D eigenvalue weighted by Gasteiger charge is 2.33. The number of rotatable bonds is 5. The van der Waals surface area contributed by atoms with Crippen molar-refractivity contribution in [2.24, 2.45) is 7.05 Å². The third kappa shape index (κ3) is 4.53. The van der Waals surface area contributed by atoms with E-state index < -0.39 is 5.60 Å². The molecule has 7 heteroatoms. The average Bonchev–Trinajstić information content (AvgIpc) is 2.85. The lowest BCUT2D eigenvalue weighted by Crippen LogP contribution is -2.48. The molecule has 2 aromatic rings. The Labute approximate surface area is 140 Å². The van der Waals surface area contributed by atoms with Crippen LogP contribution in [0.2, 0.25) is 0 Å². The molecular formula is C17H22FN3O3. The Balaban J connectivity index is 1.62. The number of halogens is 1. The van der Waals surface area contributed by atoms with Crippen molar-refractivity contribution < 1.29 is 19.0 Å². The predicted molar refractivity (Wildman–Crippen MR) is 86.1 cm³/mol. The smallest absolute Gasteiger partial charge is 0.134 e. The van der Waals surface area contributed by atoms with E-state index in [0.717, 1.165) is 5.69 Å². The maximum Gasteiger partial charge on any atom is 0.134 e. The number of aryl methyl sites for hydroxylation is 1. The molecule has 1 aromatic heterocycles. The third-order valence-corrected chi connectivity index (χ3v) is 3.89. The van der Waals surface area contributed by atoms with Gasteiger partial charge in [-0.1, -0.05) is 6.07 Å². The second-order valence-electron chi connectivity index (χ2n) is 6.26. The zero-order valence-corrected chi connectivity index (χ0v) is 13.7. The van der Waals surface area contributed by atoms with Crippen molar-refractivity contribution in [3.8, 4) is 5.75 Å². The summed E-state index contributed by atoms with van der Waals surface area (Å²) in [6.07, 6.45) is 3.71. The first kappa shape index (κ1) is 16.9. The number of β-amino-alcohol motifs (C(OH)–C–C–N with tert-alkyl or cyclic N) is 1. The minimum atomic E-state index is -1.16. The van der Waals surface area contributed by atoms with Gasteiger partial charge < -0.3 is 19.1 Å². The van der Waals surface area contributed by atoms with Crippen LogP contribution in [0, 0.1) is 5.82 Å². The molecule has 0 aliphatic carbocycles. The average molecular weight is 335 g/mol. The highest BCUT2D eigenvalue weighted by Crippen LogP contribution is 2.18. The number of benzene rings is 1. The number of hydrogen-bond acceptors (Lipinski definition) is 5. The molecule has 1 N–H and O–H groups in total. The molecule has 1 atom stereocenters. The van der Waals surface area contributed by atoms with Gasteiger partial charge in [0.2, 0.25) is 0 Å². The van der Waals surface area contributed by atoms with Gasteiger partial charge in [-0.3, -0.25) is 4.90 Å². The van der Waals surface area contributed by atoms with Gasteiger partial charge in [-0.05, 0) is 12.1 Å². The van der Waals surface area contributed by atoms with Crippen LogP contribution in [0.1, 0.15) is 5.69 Å². The Hall–Kier alpha value is -1.96. The minimum Gasteiger partial charge on any atom is -0.490 e. The van der Waals surface area contributed by atoms with E-state index in [9.17, 15) is 9.50 Å². The van der Waals surface area contributed by atoms with Crippen LogP contribution in [0.15, 0.2) is 36.8 Å². The minimum absolute atomic E-state index is 0.0369. The Morgan fingerprint density at radius 1 is 1.46 bits per heavy atom. The van der Waals surface area contributed by atoms with E-state index in [1.807, 2.05) is 17.8 Å². The molecule has 1 aromatic carbocycles. The van der Waals surface area contributed by atoms with Gasteiger partial charge in [-0.25, -0.2) is 9.37 Å². The van der Waals surface area contributed by atoms with Crippen LogP contribution >= 0.6 is 0 Å². The number of ether oxygens (including phenoxy) is 2. The SMILES string of the molecule is Cn1cnc(CN2CCOCC(O)(COc3cccc(F)c3)C2)c1. The quantitative estimate of drug-likeness (QED) is 0.890. The van der Waals surface area contributed by atoms with Gasteiger partial charge in [0, 0.05) is 38.9 Å². The van der Waals surface area contributed by atoms with E-state index in [-0.39, 0.29) is 19.0 Å². The molecule has 0 radical (unpaired) electrons. The molecule has 3 rings (SSSR count). The first-order valence-corrected chi connectivity index (χ1v) is 7.90. The van der Waals surface area contributed by atoms with E-state index in [2.05, 4.69) is 9.88 Å². The fourth-order valence-electron chi connectivity index (χ4n) is 2.77. The van der Waals surface area contributed by atoms with E-state index >= 15 is 0 Å². The summed E-state index contributed by atoms with van der Waals surface area (Å²) in [4.78, 5) is 6.41. The summed E-state index contributed by atoms with van der Waals surface area (Å²) < 4.78 is 26.2. The van der Waals surface area contributed by atoms with Crippen LogP contribution in [0.5, 0.6) is 5.75 Å². The molecule has 1 fully saturated rings. The maximum atomic E-state index is 13.2. The van der Waals surface area contributed by atoms with E-state index in [4.69, 9.17) is 9.47 Å². The maximum absolute atomic E-state index is 13.2. The molecule has 0 amide bonds. The fraction of sp³-hybridized carbons (Fsp3) is 0.471. The van der Waals surface area contributed by atoms with Gasteiger partial charge in [0.15, 0.2) is 0 Å². The highest BCUT2D eigenvalue weighted by molar-refractivity contribution is 5.22. The Morgan fingerprint density at radius 3 is 3.08 bits per heavy atom. The normalized spacial score (nSPS) is 22.3. The monoisotopic (exact) mass is 335 g/mol. The van der Waals surface area contributed by atoms with Crippen LogP contribution in [0.3, 0.4) is 0 Å². The molecule has 0 saturated carbocycles. The lowest BCUT2D eigenvalue weighted by molar-refractivity contribution is -0.0647. The number of aliphatic hydroxyl groups is 1. The summed E-state index contributed by atoms with van der Waals surface area (Å²) in [5, 5.41) is 10.8. The predicted octanol–water partition coefficient (Wildman–Crippen LogP) is 1.20. The number of hydrogen-bond donors (Lipinski definition) is 1. The van der Waals surface area contributed by atoms with Crippen LogP contribution in [0.25, 0.3) is 0 Å². The second-order valence-corrected chi connectivity index (χ2v) is 6.26. The number of nitrogens with zero attached hydrogens (tertiary/aromatic N) is 3. The summed E-state index contributed by atoms with van der Waals surface area (Å²) >= 11 is 0. The van der Waals surface area contributed by atoms with Crippen molar-refractivity contribution in [2.45, 2.75) is 12.1 Å². The molecule has 0 spiro atoms. The van der Waals surface area contributed by atoms with Crippen LogP contribution in [-0.2, 0) is 18.3 Å². The summed E-state index contributed by atoms with van der Waals surface area (Å²) in [6, 6.07) is 5.89. The lowest BCUT2D eigenvalue weighted by atomic mass is 10.1. The number of imidazole rings is 1. The van der Waals surface area contributed by atoms with Crippen molar-refractivity contribution in [3.63, 3.8) is 0 Å². The molecule has 1 saturated heterocycles. The van der Waals surface area contributed by atoms with Gasteiger partial charge in [-0.2, -0.15) is 0 Å². The second kappa shape index (κ2) is 7.29. The van der Waals surface area contributed by atoms with Crippen LogP contribution < -0.4 is 4.74 Å². The van der Waals surface area contributed by atoms with E-state index in [1.165, 1.54) is 12.1 Å². The largest absolute Gasteiger partial charge is 0.490 e. The van der Waals surface area contributed by atoms with Crippen LogP contribution in [0.4, 0.5) is 4.39 Å². The summed E-state index contributed by atoms with van der Waals surface area (Å²) in [5.41, 5.74) is -0.217. The Morgan fingerprint density at radius 2 is 2.33 bits per heavy atom. The van der Waals surface area contributed by atoms with Gasteiger partial charge in [0.25, 0.3) is 0 Å². The van der Waals surface area contributed by atoms with Crippen LogP contribution in [-0.4, -0.2) is 58.1 Å². The first-order chi connectivity index (χ1) is 11.5. The van der Waals surface area contributed by atoms with Gasteiger partial charge in [0.1, 0.15) is 23.8 Å². The van der Waals surface area contributed by atoms with Gasteiger partial charge >= 0.3 is 0 Å². The molecule has 6 nitrogen and oxygen atoms in total. The Kier molecular flexibility index (Phi) is 5.13. The summed E-state index contributed by atoms with van der Waals surface area (Å²) in [6.45, 7) is 2.50. The molecule has 2 heterocycles. The molecule has 24 heavy (non-hydrogen) atoms. The van der Waals surface area contributed by atoms with E-state index in [1.54, 1.807) is 18.5 Å². The summed E-state index contributed by atoms with van der Waals surface area (Å²) in [7, 11) is 1.92. The molecule has 1 unspecified atom stereocenters.